The summed E-state index contributed by atoms with van der Waals surface area (Å²) in [7, 11) is -4.57. The minimum absolute atomic E-state index is 0.0517. The number of aromatic amines is 2. The highest BCUT2D eigenvalue weighted by Crippen LogP contribution is 2.43. The van der Waals surface area contributed by atoms with Gasteiger partial charge in [0.1, 0.15) is 18.4 Å². The first kappa shape index (κ1) is 31.6. The third-order valence-electron chi connectivity index (χ3n) is 8.46. The molecule has 2 aromatic rings. The van der Waals surface area contributed by atoms with Crippen molar-refractivity contribution >= 4 is 22.7 Å². The number of nitrogens with zero attached hydrogens (tertiary/aromatic N) is 1. The van der Waals surface area contributed by atoms with E-state index in [9.17, 15) is 14.4 Å². The number of benzene rings is 1. The normalized spacial score (nSPS) is 18.4. The lowest BCUT2D eigenvalue weighted by Crippen LogP contribution is -2.49. The Labute approximate surface area is 239 Å². The van der Waals surface area contributed by atoms with Crippen LogP contribution < -0.4 is 11.2 Å². The van der Waals surface area contributed by atoms with Gasteiger partial charge in [-0.15, -0.1) is 0 Å². The zero-order chi connectivity index (χ0) is 30.1. The van der Waals surface area contributed by atoms with Crippen molar-refractivity contribution in [3.8, 4) is 0 Å². The van der Waals surface area contributed by atoms with Crippen molar-refractivity contribution in [1.82, 2.24) is 14.9 Å². The first-order valence-electron chi connectivity index (χ1n) is 13.7. The summed E-state index contributed by atoms with van der Waals surface area (Å²) in [6.45, 7) is 21.7. The fraction of sp³-hybridized carbons (Fsp3) is 0.552. The van der Waals surface area contributed by atoms with Gasteiger partial charge >= 0.3 is 11.8 Å². The predicted octanol–water partition coefficient (Wildman–Crippen LogP) is 6.05. The molecule has 2 N–H and O–H groups in total. The van der Waals surface area contributed by atoms with Crippen LogP contribution in [0.1, 0.15) is 58.7 Å². The van der Waals surface area contributed by atoms with Gasteiger partial charge < -0.3 is 18.6 Å². The number of aromatic nitrogens is 2. The molecule has 9 nitrogen and oxygen atoms in total. The first-order chi connectivity index (χ1) is 18.3. The summed E-state index contributed by atoms with van der Waals surface area (Å²) in [5.41, 5.74) is -0.149. The first-order valence-corrected chi connectivity index (χ1v) is 19.5. The van der Waals surface area contributed by atoms with E-state index < -0.39 is 46.1 Å². The second kappa shape index (κ2) is 11.5. The Morgan fingerprint density at radius 1 is 0.950 bits per heavy atom. The molecule has 40 heavy (non-hydrogen) atoms. The van der Waals surface area contributed by atoms with E-state index >= 15 is 0 Å². The van der Waals surface area contributed by atoms with Gasteiger partial charge in [0.15, 0.2) is 8.32 Å². The van der Waals surface area contributed by atoms with Crippen LogP contribution in [0.3, 0.4) is 0 Å². The van der Waals surface area contributed by atoms with Crippen LogP contribution in [-0.4, -0.2) is 50.2 Å². The van der Waals surface area contributed by atoms with E-state index in [1.807, 2.05) is 30.3 Å². The van der Waals surface area contributed by atoms with Gasteiger partial charge in [-0.25, -0.2) is 9.59 Å². The highest BCUT2D eigenvalue weighted by atomic mass is 28.4. The molecule has 0 saturated heterocycles. The van der Waals surface area contributed by atoms with E-state index in [0.29, 0.717) is 5.76 Å². The summed E-state index contributed by atoms with van der Waals surface area (Å²) >= 11 is 0. The van der Waals surface area contributed by atoms with Gasteiger partial charge in [-0.2, -0.15) is 0 Å². The van der Waals surface area contributed by atoms with E-state index in [1.54, 1.807) is 6.08 Å². The monoisotopic (exact) mass is 587 g/mol. The van der Waals surface area contributed by atoms with Crippen LogP contribution in [0.5, 0.6) is 0 Å². The fourth-order valence-electron chi connectivity index (χ4n) is 3.81. The Bertz CT molecular complexity index is 1340. The second-order valence-corrected chi connectivity index (χ2v) is 23.0. The van der Waals surface area contributed by atoms with E-state index in [-0.39, 0.29) is 28.9 Å². The van der Waals surface area contributed by atoms with Gasteiger partial charge in [0, 0.05) is 6.20 Å². The molecule has 1 aromatic heterocycles. The van der Waals surface area contributed by atoms with Crippen molar-refractivity contribution in [1.29, 1.82) is 0 Å². The lowest BCUT2D eigenvalue weighted by molar-refractivity contribution is 0.0630. The molecule has 1 aliphatic heterocycles. The number of amides is 1. The quantitative estimate of drug-likeness (QED) is 0.363. The molecule has 1 aromatic carbocycles. The lowest BCUT2D eigenvalue weighted by atomic mass is 10.1. The largest absolute Gasteiger partial charge is 0.545 e. The zero-order valence-corrected chi connectivity index (χ0v) is 27.5. The minimum Gasteiger partial charge on any atom is -0.545 e. The number of carbonyl (C=O) groups is 1. The molecule has 2 atom stereocenters. The maximum atomic E-state index is 13.8. The number of hydrogen-bond donors (Lipinski definition) is 2. The molecule has 220 valence electrons. The SMILES string of the molecule is CC(C)(C)[Si](C)(C)OC[C@@H]1C(O[Si](C)(C)C(C)(C)C)=C[C@H](c2c[nH]c(=O)[nH]c2=O)N1C(=O)OCc1ccccc1. The van der Waals surface area contributed by atoms with Crippen LogP contribution in [0.25, 0.3) is 0 Å². The lowest BCUT2D eigenvalue weighted by Gasteiger charge is -2.41. The third-order valence-corrected chi connectivity index (χ3v) is 17.3. The molecular weight excluding hydrogens is 543 g/mol. The molecule has 11 heteroatoms. The van der Waals surface area contributed by atoms with Crippen molar-refractivity contribution in [2.75, 3.05) is 6.61 Å². The Morgan fingerprint density at radius 2 is 1.55 bits per heavy atom. The summed E-state index contributed by atoms with van der Waals surface area (Å²) in [6, 6.07) is 7.97. The maximum absolute atomic E-state index is 13.8. The van der Waals surface area contributed by atoms with Crippen molar-refractivity contribution in [3.63, 3.8) is 0 Å². The summed E-state index contributed by atoms with van der Waals surface area (Å²) < 4.78 is 19.2. The molecule has 1 aliphatic rings. The van der Waals surface area contributed by atoms with Gasteiger partial charge in [0.2, 0.25) is 8.32 Å². The van der Waals surface area contributed by atoms with Crippen LogP contribution in [0.4, 0.5) is 4.79 Å². The number of rotatable bonds is 8. The van der Waals surface area contributed by atoms with Crippen LogP contribution in [-0.2, 0) is 20.2 Å². The standard InChI is InChI=1S/C29H45N3O6Si2/c1-28(2,3)39(7,8)37-19-23-24(38-40(9,10)29(4,5)6)16-22(21-17-30-26(34)31-25(21)33)32(23)27(35)36-18-20-14-12-11-13-15-20/h11-17,22-23H,18-19H2,1-10H3,(H2,30,31,33,34)/t22-,23-/m1/s1. The molecule has 0 bridgehead atoms. The topological polar surface area (TPSA) is 114 Å². The van der Waals surface area contributed by atoms with Gasteiger partial charge in [0.05, 0.1) is 18.2 Å². The van der Waals surface area contributed by atoms with Crippen LogP contribution in [0, 0.1) is 0 Å². The smallest absolute Gasteiger partial charge is 0.411 e. The van der Waals surface area contributed by atoms with Gasteiger partial charge in [-0.05, 0) is 47.9 Å². The Balaban J connectivity index is 2.08. The number of nitrogens with one attached hydrogen (secondary N) is 2. The minimum atomic E-state index is -2.35. The number of hydrogen-bond acceptors (Lipinski definition) is 6. The molecule has 0 aliphatic carbocycles. The number of H-pyrrole nitrogens is 2. The van der Waals surface area contributed by atoms with Crippen molar-refractivity contribution in [2.45, 2.75) is 96.5 Å². The molecule has 0 fully saturated rings. The van der Waals surface area contributed by atoms with Crippen LogP contribution in [0.2, 0.25) is 36.3 Å². The Kier molecular flexibility index (Phi) is 9.12. The van der Waals surface area contributed by atoms with E-state index in [0.717, 1.165) is 5.56 Å². The van der Waals surface area contributed by atoms with E-state index in [2.05, 4.69) is 77.7 Å². The molecule has 2 heterocycles. The molecule has 0 spiro atoms. The summed E-state index contributed by atoms with van der Waals surface area (Å²) in [5, 5.41) is -0.158. The molecule has 3 rings (SSSR count). The van der Waals surface area contributed by atoms with Gasteiger partial charge in [0.25, 0.3) is 5.56 Å². The Morgan fingerprint density at radius 3 is 2.10 bits per heavy atom. The maximum Gasteiger partial charge on any atom is 0.411 e. The van der Waals surface area contributed by atoms with Crippen LogP contribution in [0.15, 0.2) is 58.0 Å². The average Bonchev–Trinajstić information content (AvgIpc) is 3.17. The van der Waals surface area contributed by atoms with Crippen LogP contribution >= 0.6 is 0 Å². The third kappa shape index (κ3) is 7.05. The summed E-state index contributed by atoms with van der Waals surface area (Å²) in [4.78, 5) is 44.9. The van der Waals surface area contributed by atoms with E-state index in [4.69, 9.17) is 13.6 Å². The van der Waals surface area contributed by atoms with Gasteiger partial charge in [-0.3, -0.25) is 14.7 Å². The van der Waals surface area contributed by atoms with Gasteiger partial charge in [-0.1, -0.05) is 71.9 Å². The molecule has 0 unspecified atom stereocenters. The van der Waals surface area contributed by atoms with Crippen molar-refractivity contribution < 1.29 is 18.4 Å². The van der Waals surface area contributed by atoms with Crippen molar-refractivity contribution in [2.24, 2.45) is 0 Å². The predicted molar refractivity (Wildman–Crippen MR) is 162 cm³/mol. The molecule has 0 saturated carbocycles. The average molecular weight is 588 g/mol. The molecule has 0 radical (unpaired) electrons. The summed E-state index contributed by atoms with van der Waals surface area (Å²) in [5.74, 6) is 0.581. The fourth-order valence-corrected chi connectivity index (χ4v) is 5.92. The van der Waals surface area contributed by atoms with E-state index in [1.165, 1.54) is 11.1 Å². The molecule has 1 amide bonds. The molecular formula is C29H45N3O6Si2. The number of ether oxygens (including phenoxy) is 1. The number of carbonyl (C=O) groups excluding carboxylic acids is 1. The Hall–Kier alpha value is -2.90. The highest BCUT2D eigenvalue weighted by molar-refractivity contribution is 6.74. The summed E-state index contributed by atoms with van der Waals surface area (Å²) in [6.07, 6.45) is 2.54. The highest BCUT2D eigenvalue weighted by Gasteiger charge is 2.48. The second-order valence-electron chi connectivity index (χ2n) is 13.4. The van der Waals surface area contributed by atoms with Crippen molar-refractivity contribution in [3.05, 3.63) is 80.3 Å². The zero-order valence-electron chi connectivity index (χ0n) is 25.5.